The van der Waals surface area contributed by atoms with Crippen LogP contribution < -0.4 is 5.32 Å². The van der Waals surface area contributed by atoms with E-state index in [2.05, 4.69) is 5.32 Å². The molecule has 1 heterocycles. The first kappa shape index (κ1) is 7.98. The van der Waals surface area contributed by atoms with E-state index in [0.717, 1.165) is 19.5 Å². The summed E-state index contributed by atoms with van der Waals surface area (Å²) in [5.74, 6) is 0.574. The van der Waals surface area contributed by atoms with Crippen molar-refractivity contribution in [1.82, 2.24) is 5.32 Å². The molecule has 0 saturated carbocycles. The molecular formula is C7H15NO2. The molecule has 1 saturated heterocycles. The molecule has 1 aliphatic rings. The molecule has 0 aromatic rings. The van der Waals surface area contributed by atoms with Crippen molar-refractivity contribution < 1.29 is 10.2 Å². The lowest BCUT2D eigenvalue weighted by Crippen LogP contribution is -2.39. The smallest absolute Gasteiger partial charge is 0.0474 e. The highest BCUT2D eigenvalue weighted by atomic mass is 16.3. The third kappa shape index (κ3) is 1.68. The average molecular weight is 145 g/mol. The van der Waals surface area contributed by atoms with Gasteiger partial charge in [0.25, 0.3) is 0 Å². The number of nitrogens with one attached hydrogen (secondary N) is 1. The number of piperidine rings is 1. The first-order chi connectivity index (χ1) is 4.88. The van der Waals surface area contributed by atoms with Gasteiger partial charge in [0, 0.05) is 19.8 Å². The molecule has 1 rings (SSSR count). The zero-order valence-corrected chi connectivity index (χ0v) is 6.08. The van der Waals surface area contributed by atoms with Gasteiger partial charge in [0.15, 0.2) is 0 Å². The van der Waals surface area contributed by atoms with E-state index in [9.17, 15) is 0 Å². The molecule has 10 heavy (non-hydrogen) atoms. The molecule has 3 N–H and O–H groups in total. The Hall–Kier alpha value is -0.120. The molecule has 2 atom stereocenters. The van der Waals surface area contributed by atoms with Crippen LogP contribution in [-0.2, 0) is 0 Å². The van der Waals surface area contributed by atoms with Crippen LogP contribution in [0.15, 0.2) is 0 Å². The van der Waals surface area contributed by atoms with Crippen LogP contribution in [0.1, 0.15) is 6.42 Å². The van der Waals surface area contributed by atoms with Crippen molar-refractivity contribution in [2.45, 2.75) is 6.42 Å². The van der Waals surface area contributed by atoms with E-state index >= 15 is 0 Å². The third-order valence-corrected chi connectivity index (χ3v) is 2.23. The summed E-state index contributed by atoms with van der Waals surface area (Å²) in [6.45, 7) is 2.23. The van der Waals surface area contributed by atoms with Crippen molar-refractivity contribution in [3.63, 3.8) is 0 Å². The summed E-state index contributed by atoms with van der Waals surface area (Å²) >= 11 is 0. The molecule has 0 aliphatic carbocycles. The Morgan fingerprint density at radius 3 is 2.40 bits per heavy atom. The van der Waals surface area contributed by atoms with Gasteiger partial charge in [-0.1, -0.05) is 0 Å². The van der Waals surface area contributed by atoms with Crippen LogP contribution in [0, 0.1) is 11.8 Å². The molecule has 1 fully saturated rings. The molecule has 0 aromatic heterocycles. The second-order valence-corrected chi connectivity index (χ2v) is 2.88. The lowest BCUT2D eigenvalue weighted by molar-refractivity contribution is 0.0960. The molecule has 3 nitrogen and oxygen atoms in total. The van der Waals surface area contributed by atoms with E-state index in [1.54, 1.807) is 0 Å². The molecule has 2 unspecified atom stereocenters. The maximum Gasteiger partial charge on any atom is 0.0474 e. The molecular weight excluding hydrogens is 130 g/mol. The standard InChI is InChI=1S/C7H15NO2/c9-4-6-1-2-8-3-7(6)5-10/h6-10H,1-5H2. The van der Waals surface area contributed by atoms with Crippen molar-refractivity contribution in [3.05, 3.63) is 0 Å². The van der Waals surface area contributed by atoms with Crippen molar-refractivity contribution in [3.8, 4) is 0 Å². The van der Waals surface area contributed by atoms with E-state index in [0.29, 0.717) is 5.92 Å². The lowest BCUT2D eigenvalue weighted by Gasteiger charge is -2.29. The summed E-state index contributed by atoms with van der Waals surface area (Å²) in [5.41, 5.74) is 0. The predicted octanol–water partition coefficient (Wildman–Crippen LogP) is -0.803. The highest BCUT2D eigenvalue weighted by molar-refractivity contribution is 4.76. The predicted molar refractivity (Wildman–Crippen MR) is 38.6 cm³/mol. The van der Waals surface area contributed by atoms with Gasteiger partial charge in [-0.3, -0.25) is 0 Å². The molecule has 3 heteroatoms. The van der Waals surface area contributed by atoms with Gasteiger partial charge < -0.3 is 15.5 Å². The minimum atomic E-state index is 0.193. The summed E-state index contributed by atoms with van der Waals surface area (Å²) in [7, 11) is 0. The minimum Gasteiger partial charge on any atom is -0.396 e. The van der Waals surface area contributed by atoms with Gasteiger partial charge in [-0.2, -0.15) is 0 Å². The fourth-order valence-electron chi connectivity index (χ4n) is 1.43. The first-order valence-corrected chi connectivity index (χ1v) is 3.81. The van der Waals surface area contributed by atoms with Crippen molar-refractivity contribution in [2.75, 3.05) is 26.3 Å². The molecule has 60 valence electrons. The Labute approximate surface area is 61.1 Å². The van der Waals surface area contributed by atoms with E-state index in [-0.39, 0.29) is 19.1 Å². The first-order valence-electron chi connectivity index (χ1n) is 3.81. The normalized spacial score (nSPS) is 34.2. The van der Waals surface area contributed by atoms with Crippen LogP contribution in [0.2, 0.25) is 0 Å². The van der Waals surface area contributed by atoms with Gasteiger partial charge in [0.05, 0.1) is 0 Å². The van der Waals surface area contributed by atoms with E-state index < -0.39 is 0 Å². The van der Waals surface area contributed by atoms with E-state index in [1.165, 1.54) is 0 Å². The van der Waals surface area contributed by atoms with Crippen LogP contribution >= 0.6 is 0 Å². The highest BCUT2D eigenvalue weighted by Crippen LogP contribution is 2.17. The number of hydrogen-bond acceptors (Lipinski definition) is 3. The van der Waals surface area contributed by atoms with Crippen LogP contribution in [0.3, 0.4) is 0 Å². The second-order valence-electron chi connectivity index (χ2n) is 2.88. The fourth-order valence-corrected chi connectivity index (χ4v) is 1.43. The Morgan fingerprint density at radius 1 is 1.20 bits per heavy atom. The molecule has 0 radical (unpaired) electrons. The highest BCUT2D eigenvalue weighted by Gasteiger charge is 2.22. The van der Waals surface area contributed by atoms with E-state index in [1.807, 2.05) is 0 Å². The van der Waals surface area contributed by atoms with Gasteiger partial charge in [-0.05, 0) is 24.8 Å². The number of hydrogen-bond donors (Lipinski definition) is 3. The molecule has 0 aromatic carbocycles. The van der Waals surface area contributed by atoms with Gasteiger partial charge in [-0.15, -0.1) is 0 Å². The molecule has 0 spiro atoms. The van der Waals surface area contributed by atoms with Crippen LogP contribution in [0.4, 0.5) is 0 Å². The molecule has 0 amide bonds. The third-order valence-electron chi connectivity index (χ3n) is 2.23. The summed E-state index contributed by atoms with van der Waals surface area (Å²) in [4.78, 5) is 0. The Morgan fingerprint density at radius 2 is 1.90 bits per heavy atom. The maximum absolute atomic E-state index is 8.85. The van der Waals surface area contributed by atoms with Crippen LogP contribution in [-0.4, -0.2) is 36.5 Å². The summed E-state index contributed by atoms with van der Waals surface area (Å²) in [5, 5.41) is 20.9. The molecule has 1 aliphatic heterocycles. The minimum absolute atomic E-state index is 0.193. The van der Waals surface area contributed by atoms with E-state index in [4.69, 9.17) is 10.2 Å². The van der Waals surface area contributed by atoms with Crippen molar-refractivity contribution in [2.24, 2.45) is 11.8 Å². The van der Waals surface area contributed by atoms with Gasteiger partial charge in [-0.25, -0.2) is 0 Å². The number of aliphatic hydroxyl groups excluding tert-OH is 2. The Bertz CT molecular complexity index is 85.6. The number of aliphatic hydroxyl groups is 2. The Balaban J connectivity index is 2.34. The van der Waals surface area contributed by atoms with Crippen LogP contribution in [0.25, 0.3) is 0 Å². The van der Waals surface area contributed by atoms with Crippen LogP contribution in [0.5, 0.6) is 0 Å². The zero-order chi connectivity index (χ0) is 7.40. The van der Waals surface area contributed by atoms with Crippen molar-refractivity contribution in [1.29, 1.82) is 0 Å². The quantitative estimate of drug-likeness (QED) is 0.476. The maximum atomic E-state index is 8.85. The summed E-state index contributed by atoms with van der Waals surface area (Å²) < 4.78 is 0. The topological polar surface area (TPSA) is 52.5 Å². The number of rotatable bonds is 2. The summed E-state index contributed by atoms with van der Waals surface area (Å²) in [6, 6.07) is 0. The fraction of sp³-hybridized carbons (Fsp3) is 1.00. The monoisotopic (exact) mass is 145 g/mol. The SMILES string of the molecule is OCC1CCNCC1CO. The summed E-state index contributed by atoms with van der Waals surface area (Å²) in [6.07, 6.45) is 0.988. The van der Waals surface area contributed by atoms with Crippen molar-refractivity contribution >= 4 is 0 Å². The zero-order valence-electron chi connectivity index (χ0n) is 6.08. The average Bonchev–Trinajstić information content (AvgIpc) is 2.04. The van der Waals surface area contributed by atoms with Gasteiger partial charge >= 0.3 is 0 Å². The van der Waals surface area contributed by atoms with Gasteiger partial charge in [0.2, 0.25) is 0 Å². The van der Waals surface area contributed by atoms with Gasteiger partial charge in [0.1, 0.15) is 0 Å². The largest absolute Gasteiger partial charge is 0.396 e. The Kier molecular flexibility index (Phi) is 3.12. The lowest BCUT2D eigenvalue weighted by atomic mass is 9.88. The molecule has 0 bridgehead atoms. The second kappa shape index (κ2) is 3.91.